The molecule has 0 heterocycles. The predicted octanol–water partition coefficient (Wildman–Crippen LogP) is 5.44. The van der Waals surface area contributed by atoms with Crippen LogP contribution < -0.4 is 10.6 Å². The van der Waals surface area contributed by atoms with Crippen LogP contribution in [0.3, 0.4) is 0 Å². The molecule has 0 aliphatic carbocycles. The summed E-state index contributed by atoms with van der Waals surface area (Å²) >= 11 is 0. The van der Waals surface area contributed by atoms with E-state index in [1.54, 1.807) is 25.7 Å². The molecule has 35 heavy (non-hydrogen) atoms. The van der Waals surface area contributed by atoms with Crippen LogP contribution >= 0.6 is 0 Å². The van der Waals surface area contributed by atoms with Gasteiger partial charge < -0.3 is 20.3 Å². The number of benzene rings is 1. The molecule has 7 nitrogen and oxygen atoms in total. The highest BCUT2D eigenvalue weighted by molar-refractivity contribution is 5.93. The average Bonchev–Trinajstić information content (AvgIpc) is 2.69. The highest BCUT2D eigenvalue weighted by atomic mass is 16.6. The number of carbonyl (C=O) groups excluding carboxylic acids is 3. The van der Waals surface area contributed by atoms with Crippen LogP contribution in [0.4, 0.5) is 4.79 Å². The van der Waals surface area contributed by atoms with Crippen LogP contribution in [-0.4, -0.2) is 46.0 Å². The lowest BCUT2D eigenvalue weighted by molar-refractivity contribution is -0.150. The van der Waals surface area contributed by atoms with Crippen LogP contribution in [0, 0.1) is 19.8 Å². The van der Waals surface area contributed by atoms with Gasteiger partial charge in [0.2, 0.25) is 11.8 Å². The summed E-state index contributed by atoms with van der Waals surface area (Å²) in [6.07, 6.45) is -0.0412. The Balaban J connectivity index is 3.71. The zero-order chi connectivity index (χ0) is 27.3. The molecule has 0 aromatic heterocycles. The first-order valence-corrected chi connectivity index (χ1v) is 12.6. The number of rotatable bonds is 9. The van der Waals surface area contributed by atoms with E-state index in [4.69, 9.17) is 4.74 Å². The second kappa shape index (κ2) is 11.9. The van der Waals surface area contributed by atoms with E-state index in [1.807, 2.05) is 80.5 Å². The van der Waals surface area contributed by atoms with Crippen molar-refractivity contribution in [3.8, 4) is 0 Å². The standard InChI is InChI=1S/C28H47N3O4/c1-13-28(11,12)31(25(33)22(17(2)3)30-26(34)35-27(8,9)10)23(24(32)29-18(4)5)21-16-14-15-19(6)20(21)7/h14-18,22-23H,13H2,1-12H3,(H,29,32)(H,30,34). The van der Waals surface area contributed by atoms with Crippen molar-refractivity contribution in [2.24, 2.45) is 5.92 Å². The first kappa shape index (κ1) is 30.5. The fraction of sp³-hybridized carbons (Fsp3) is 0.679. The molecule has 0 fully saturated rings. The summed E-state index contributed by atoms with van der Waals surface area (Å²) < 4.78 is 5.44. The summed E-state index contributed by atoms with van der Waals surface area (Å²) in [5.41, 5.74) is 1.41. The quantitative estimate of drug-likeness (QED) is 0.484. The summed E-state index contributed by atoms with van der Waals surface area (Å²) in [5, 5.41) is 5.79. The molecule has 2 atom stereocenters. The van der Waals surface area contributed by atoms with E-state index in [1.165, 1.54) is 0 Å². The van der Waals surface area contributed by atoms with E-state index >= 15 is 0 Å². The summed E-state index contributed by atoms with van der Waals surface area (Å²) in [7, 11) is 0. The molecule has 0 aliphatic rings. The minimum atomic E-state index is -0.866. The number of hydrogen-bond acceptors (Lipinski definition) is 4. The van der Waals surface area contributed by atoms with Crippen molar-refractivity contribution < 1.29 is 19.1 Å². The van der Waals surface area contributed by atoms with E-state index in [9.17, 15) is 14.4 Å². The molecule has 7 heteroatoms. The Hall–Kier alpha value is -2.57. The van der Waals surface area contributed by atoms with Gasteiger partial charge in [-0.25, -0.2) is 4.79 Å². The van der Waals surface area contributed by atoms with Gasteiger partial charge >= 0.3 is 6.09 Å². The largest absolute Gasteiger partial charge is 0.444 e. The maximum Gasteiger partial charge on any atom is 0.408 e. The molecule has 0 saturated heterocycles. The number of carbonyl (C=O) groups is 3. The first-order chi connectivity index (χ1) is 15.9. The number of nitrogens with zero attached hydrogens (tertiary/aromatic N) is 1. The van der Waals surface area contributed by atoms with Crippen LogP contribution in [-0.2, 0) is 14.3 Å². The highest BCUT2D eigenvalue weighted by Gasteiger charge is 2.44. The fourth-order valence-corrected chi connectivity index (χ4v) is 3.87. The first-order valence-electron chi connectivity index (χ1n) is 12.6. The zero-order valence-electron chi connectivity index (χ0n) is 23.8. The number of alkyl carbamates (subject to hydrolysis) is 1. The van der Waals surface area contributed by atoms with E-state index in [2.05, 4.69) is 10.6 Å². The maximum absolute atomic E-state index is 14.3. The Kier molecular flexibility index (Phi) is 10.4. The summed E-state index contributed by atoms with van der Waals surface area (Å²) in [5.74, 6) is -0.788. The van der Waals surface area contributed by atoms with Gasteiger partial charge in [0.25, 0.3) is 0 Å². The van der Waals surface area contributed by atoms with Crippen molar-refractivity contribution in [3.05, 3.63) is 34.9 Å². The Labute approximate surface area is 212 Å². The maximum atomic E-state index is 14.3. The van der Waals surface area contributed by atoms with E-state index < -0.39 is 29.3 Å². The average molecular weight is 490 g/mol. The smallest absolute Gasteiger partial charge is 0.408 e. The second-order valence-corrected chi connectivity index (χ2v) is 11.6. The number of amides is 3. The van der Waals surface area contributed by atoms with E-state index in [0.717, 1.165) is 16.7 Å². The molecule has 198 valence electrons. The van der Waals surface area contributed by atoms with Crippen molar-refractivity contribution in [1.29, 1.82) is 0 Å². The molecule has 2 unspecified atom stereocenters. The molecular weight excluding hydrogens is 442 g/mol. The number of aryl methyl sites for hydroxylation is 1. The number of hydrogen-bond donors (Lipinski definition) is 2. The van der Waals surface area contributed by atoms with Gasteiger partial charge in [-0.05, 0) is 91.3 Å². The summed E-state index contributed by atoms with van der Waals surface area (Å²) in [6.45, 7) is 22.7. The molecule has 1 aromatic rings. The SMILES string of the molecule is CCC(C)(C)N(C(=O)C(NC(=O)OC(C)(C)C)C(C)C)C(C(=O)NC(C)C)c1cccc(C)c1C. The Morgan fingerprint density at radius 3 is 2.00 bits per heavy atom. The van der Waals surface area contributed by atoms with Crippen molar-refractivity contribution in [2.75, 3.05) is 0 Å². The lowest BCUT2D eigenvalue weighted by atomic mass is 9.88. The van der Waals surface area contributed by atoms with Crippen molar-refractivity contribution in [3.63, 3.8) is 0 Å². The monoisotopic (exact) mass is 489 g/mol. The van der Waals surface area contributed by atoms with Crippen LogP contribution in [0.5, 0.6) is 0 Å². The Morgan fingerprint density at radius 2 is 1.54 bits per heavy atom. The van der Waals surface area contributed by atoms with Crippen LogP contribution in [0.15, 0.2) is 18.2 Å². The molecule has 0 spiro atoms. The molecular formula is C28H47N3O4. The highest BCUT2D eigenvalue weighted by Crippen LogP contribution is 2.35. The van der Waals surface area contributed by atoms with Gasteiger partial charge in [-0.2, -0.15) is 0 Å². The molecule has 1 rings (SSSR count). The molecule has 3 amide bonds. The minimum absolute atomic E-state index is 0.0995. The Bertz CT molecular complexity index is 900. The Morgan fingerprint density at radius 1 is 0.971 bits per heavy atom. The van der Waals surface area contributed by atoms with Gasteiger partial charge in [0.05, 0.1) is 0 Å². The van der Waals surface area contributed by atoms with Crippen molar-refractivity contribution >= 4 is 17.9 Å². The van der Waals surface area contributed by atoms with E-state index in [-0.39, 0.29) is 23.8 Å². The zero-order valence-corrected chi connectivity index (χ0v) is 23.8. The lowest BCUT2D eigenvalue weighted by Crippen LogP contribution is -2.60. The summed E-state index contributed by atoms with van der Waals surface area (Å²) in [6, 6.07) is 3.99. The number of nitrogens with one attached hydrogen (secondary N) is 2. The van der Waals surface area contributed by atoms with Gasteiger partial charge in [-0.1, -0.05) is 39.0 Å². The van der Waals surface area contributed by atoms with Gasteiger partial charge in [-0.15, -0.1) is 0 Å². The van der Waals surface area contributed by atoms with Gasteiger partial charge in [-0.3, -0.25) is 9.59 Å². The number of ether oxygens (including phenoxy) is 1. The van der Waals surface area contributed by atoms with Crippen LogP contribution in [0.25, 0.3) is 0 Å². The molecule has 0 saturated carbocycles. The molecule has 2 N–H and O–H groups in total. The third-order valence-electron chi connectivity index (χ3n) is 6.24. The molecule has 0 radical (unpaired) electrons. The molecule has 0 aliphatic heterocycles. The normalized spacial score (nSPS) is 13.9. The van der Waals surface area contributed by atoms with Gasteiger partial charge in [0.1, 0.15) is 17.7 Å². The topological polar surface area (TPSA) is 87.7 Å². The minimum Gasteiger partial charge on any atom is -0.444 e. The third kappa shape index (κ3) is 8.25. The van der Waals surface area contributed by atoms with E-state index in [0.29, 0.717) is 6.42 Å². The van der Waals surface area contributed by atoms with Crippen molar-refractivity contribution in [1.82, 2.24) is 15.5 Å². The fourth-order valence-electron chi connectivity index (χ4n) is 3.87. The molecule has 1 aromatic carbocycles. The summed E-state index contributed by atoms with van der Waals surface area (Å²) in [4.78, 5) is 42.3. The van der Waals surface area contributed by atoms with Crippen LogP contribution in [0.1, 0.15) is 98.4 Å². The predicted molar refractivity (Wildman–Crippen MR) is 141 cm³/mol. The lowest BCUT2D eigenvalue weighted by Gasteiger charge is -2.45. The second-order valence-electron chi connectivity index (χ2n) is 11.6. The van der Waals surface area contributed by atoms with Crippen molar-refractivity contribution in [2.45, 2.75) is 119 Å². The molecule has 0 bridgehead atoms. The third-order valence-corrected chi connectivity index (χ3v) is 6.24. The van der Waals surface area contributed by atoms with Gasteiger partial charge in [0, 0.05) is 11.6 Å². The van der Waals surface area contributed by atoms with Gasteiger partial charge in [0.15, 0.2) is 0 Å². The van der Waals surface area contributed by atoms with Crippen LogP contribution in [0.2, 0.25) is 0 Å².